The van der Waals surface area contributed by atoms with E-state index in [2.05, 4.69) is 15.6 Å². The number of amides is 1. The van der Waals surface area contributed by atoms with Gasteiger partial charge in [-0.05, 0) is 61.0 Å². The molecule has 0 aliphatic carbocycles. The van der Waals surface area contributed by atoms with Crippen molar-refractivity contribution in [3.05, 3.63) is 83.8 Å². The number of aromatic nitrogens is 1. The maximum Gasteiger partial charge on any atom is 0.258 e. The lowest BCUT2D eigenvalue weighted by atomic mass is 10.1. The lowest BCUT2D eigenvalue weighted by Crippen LogP contribution is -2.14. The zero-order valence-corrected chi connectivity index (χ0v) is 13.1. The van der Waals surface area contributed by atoms with Gasteiger partial charge in [0.05, 0.1) is 11.3 Å². The zero-order chi connectivity index (χ0) is 16.9. The minimum atomic E-state index is -0.308. The van der Waals surface area contributed by atoms with Crippen LogP contribution in [-0.4, -0.2) is 10.9 Å². The van der Waals surface area contributed by atoms with E-state index in [1.165, 1.54) is 12.1 Å². The number of halogens is 1. The van der Waals surface area contributed by atoms with Gasteiger partial charge in [0.2, 0.25) is 0 Å². The topological polar surface area (TPSA) is 54.0 Å². The summed E-state index contributed by atoms with van der Waals surface area (Å²) in [4.78, 5) is 16.7. The van der Waals surface area contributed by atoms with Crippen molar-refractivity contribution in [3.8, 4) is 0 Å². The fourth-order valence-corrected chi connectivity index (χ4v) is 2.27. The van der Waals surface area contributed by atoms with Crippen LogP contribution in [0.1, 0.15) is 15.9 Å². The van der Waals surface area contributed by atoms with E-state index in [0.29, 0.717) is 22.8 Å². The summed E-state index contributed by atoms with van der Waals surface area (Å²) in [6, 6.07) is 16.7. The van der Waals surface area contributed by atoms with Gasteiger partial charge in [-0.2, -0.15) is 0 Å². The van der Waals surface area contributed by atoms with Gasteiger partial charge in [0.25, 0.3) is 5.91 Å². The van der Waals surface area contributed by atoms with Crippen LogP contribution in [0.15, 0.2) is 66.9 Å². The minimum absolute atomic E-state index is 0.265. The van der Waals surface area contributed by atoms with Crippen molar-refractivity contribution in [3.63, 3.8) is 0 Å². The molecule has 0 saturated heterocycles. The second-order valence-corrected chi connectivity index (χ2v) is 5.35. The molecule has 0 fully saturated rings. The average molecular weight is 321 g/mol. The summed E-state index contributed by atoms with van der Waals surface area (Å²) in [5.41, 5.74) is 2.82. The smallest absolute Gasteiger partial charge is 0.258 e. The number of para-hydroxylation sites is 1. The van der Waals surface area contributed by atoms with Gasteiger partial charge in [-0.15, -0.1) is 0 Å². The first-order valence-corrected chi connectivity index (χ1v) is 7.47. The number of hydrogen-bond acceptors (Lipinski definition) is 3. The predicted molar refractivity (Wildman–Crippen MR) is 93.1 cm³/mol. The van der Waals surface area contributed by atoms with Crippen LogP contribution in [0.2, 0.25) is 0 Å². The number of anilines is 3. The van der Waals surface area contributed by atoms with E-state index in [4.69, 9.17) is 0 Å². The van der Waals surface area contributed by atoms with Crippen molar-refractivity contribution in [2.45, 2.75) is 6.92 Å². The Labute approximate surface area is 139 Å². The Hall–Kier alpha value is -3.21. The molecule has 2 aromatic carbocycles. The summed E-state index contributed by atoms with van der Waals surface area (Å²) < 4.78 is 13.0. The van der Waals surface area contributed by atoms with Crippen molar-refractivity contribution in [2.75, 3.05) is 10.6 Å². The number of carbonyl (C=O) groups excluding carboxylic acids is 1. The van der Waals surface area contributed by atoms with E-state index in [1.54, 1.807) is 42.6 Å². The summed E-state index contributed by atoms with van der Waals surface area (Å²) in [5, 5.41) is 5.91. The second kappa shape index (κ2) is 6.91. The molecule has 0 bridgehead atoms. The molecule has 1 amide bonds. The van der Waals surface area contributed by atoms with E-state index < -0.39 is 0 Å². The highest BCUT2D eigenvalue weighted by Crippen LogP contribution is 2.22. The minimum Gasteiger partial charge on any atom is -0.355 e. The highest BCUT2D eigenvalue weighted by molar-refractivity contribution is 6.08. The number of nitrogens with zero attached hydrogens (tertiary/aromatic N) is 1. The Morgan fingerprint density at radius 1 is 1.04 bits per heavy atom. The van der Waals surface area contributed by atoms with Crippen molar-refractivity contribution >= 4 is 23.1 Å². The fourth-order valence-electron chi connectivity index (χ4n) is 2.27. The van der Waals surface area contributed by atoms with Crippen molar-refractivity contribution in [2.24, 2.45) is 0 Å². The molecule has 120 valence electrons. The molecule has 0 spiro atoms. The third-order valence-electron chi connectivity index (χ3n) is 3.45. The van der Waals surface area contributed by atoms with E-state index in [9.17, 15) is 9.18 Å². The van der Waals surface area contributed by atoms with Crippen molar-refractivity contribution in [1.29, 1.82) is 0 Å². The van der Waals surface area contributed by atoms with E-state index in [0.717, 1.165) is 5.56 Å². The lowest BCUT2D eigenvalue weighted by molar-refractivity contribution is 0.102. The maximum absolute atomic E-state index is 13.0. The number of aryl methyl sites for hydroxylation is 1. The highest BCUT2D eigenvalue weighted by Gasteiger charge is 2.12. The molecule has 5 heteroatoms. The quantitative estimate of drug-likeness (QED) is 0.742. The summed E-state index contributed by atoms with van der Waals surface area (Å²) in [5.74, 6) is -0.0769. The zero-order valence-electron chi connectivity index (χ0n) is 13.1. The fraction of sp³-hybridized carbons (Fsp3) is 0.0526. The highest BCUT2D eigenvalue weighted by atomic mass is 19.1. The first-order chi connectivity index (χ1) is 11.6. The number of hydrogen-bond donors (Lipinski definition) is 2. The Bertz CT molecular complexity index is 862. The van der Waals surface area contributed by atoms with Crippen molar-refractivity contribution in [1.82, 2.24) is 4.98 Å². The first-order valence-electron chi connectivity index (χ1n) is 7.47. The third kappa shape index (κ3) is 3.76. The Morgan fingerprint density at radius 3 is 2.54 bits per heavy atom. The SMILES string of the molecule is Cc1ccnc(NC(=O)c2ccccc2Nc2ccc(F)cc2)c1. The van der Waals surface area contributed by atoms with Gasteiger partial charge >= 0.3 is 0 Å². The molecule has 0 aliphatic heterocycles. The summed E-state index contributed by atoms with van der Waals surface area (Å²) in [6.45, 7) is 1.93. The molecule has 0 aliphatic rings. The molecule has 3 rings (SSSR count). The van der Waals surface area contributed by atoms with Gasteiger partial charge < -0.3 is 10.6 Å². The van der Waals surface area contributed by atoms with Crippen LogP contribution in [0.4, 0.5) is 21.6 Å². The number of rotatable bonds is 4. The largest absolute Gasteiger partial charge is 0.355 e. The Kier molecular flexibility index (Phi) is 4.52. The van der Waals surface area contributed by atoms with Gasteiger partial charge in [-0.25, -0.2) is 9.37 Å². The van der Waals surface area contributed by atoms with Gasteiger partial charge in [0.1, 0.15) is 11.6 Å². The second-order valence-electron chi connectivity index (χ2n) is 5.35. The molecule has 2 N–H and O–H groups in total. The number of benzene rings is 2. The molecule has 1 aromatic heterocycles. The molecule has 1 heterocycles. The molecular weight excluding hydrogens is 305 g/mol. The normalized spacial score (nSPS) is 10.2. The summed E-state index contributed by atoms with van der Waals surface area (Å²) >= 11 is 0. The molecular formula is C19H16FN3O. The molecule has 3 aromatic rings. The van der Waals surface area contributed by atoms with Gasteiger partial charge in [0, 0.05) is 11.9 Å². The lowest BCUT2D eigenvalue weighted by Gasteiger charge is -2.12. The Morgan fingerprint density at radius 2 is 1.79 bits per heavy atom. The predicted octanol–water partition coefficient (Wildman–Crippen LogP) is 4.53. The van der Waals surface area contributed by atoms with Crippen LogP contribution in [0, 0.1) is 12.7 Å². The maximum atomic E-state index is 13.0. The van der Waals surface area contributed by atoms with Crippen molar-refractivity contribution < 1.29 is 9.18 Å². The Balaban J connectivity index is 1.83. The van der Waals surface area contributed by atoms with E-state index in [-0.39, 0.29) is 11.7 Å². The molecule has 24 heavy (non-hydrogen) atoms. The van der Waals surface area contributed by atoms with Gasteiger partial charge in [-0.1, -0.05) is 12.1 Å². The van der Waals surface area contributed by atoms with Crippen LogP contribution < -0.4 is 10.6 Å². The number of nitrogens with one attached hydrogen (secondary N) is 2. The molecule has 0 saturated carbocycles. The standard InChI is InChI=1S/C19H16FN3O/c1-13-10-11-21-18(12-13)23-19(24)16-4-2-3-5-17(16)22-15-8-6-14(20)7-9-15/h2-12,22H,1H3,(H,21,23,24). The average Bonchev–Trinajstić information content (AvgIpc) is 2.57. The molecule has 0 atom stereocenters. The molecule has 4 nitrogen and oxygen atoms in total. The summed E-state index contributed by atoms with van der Waals surface area (Å²) in [6.07, 6.45) is 1.65. The third-order valence-corrected chi connectivity index (χ3v) is 3.45. The van der Waals surface area contributed by atoms with E-state index in [1.807, 2.05) is 19.1 Å². The first kappa shape index (κ1) is 15.7. The monoisotopic (exact) mass is 321 g/mol. The van der Waals surface area contributed by atoms with Crippen LogP contribution >= 0.6 is 0 Å². The molecule has 0 unspecified atom stereocenters. The van der Waals surface area contributed by atoms with E-state index >= 15 is 0 Å². The summed E-state index contributed by atoms with van der Waals surface area (Å²) in [7, 11) is 0. The molecule has 0 radical (unpaired) electrons. The van der Waals surface area contributed by atoms with Crippen LogP contribution in [0.5, 0.6) is 0 Å². The van der Waals surface area contributed by atoms with Crippen LogP contribution in [0.25, 0.3) is 0 Å². The van der Waals surface area contributed by atoms with Gasteiger partial charge in [-0.3, -0.25) is 4.79 Å². The number of pyridine rings is 1. The van der Waals surface area contributed by atoms with Gasteiger partial charge in [0.15, 0.2) is 0 Å². The van der Waals surface area contributed by atoms with Crippen LogP contribution in [0.3, 0.4) is 0 Å². The van der Waals surface area contributed by atoms with Crippen LogP contribution in [-0.2, 0) is 0 Å². The number of carbonyl (C=O) groups is 1.